The lowest BCUT2D eigenvalue weighted by Crippen LogP contribution is -2.35. The number of amides is 1. The number of thiazole rings is 1. The van der Waals surface area contributed by atoms with Gasteiger partial charge in [-0.25, -0.2) is 4.98 Å². The van der Waals surface area contributed by atoms with E-state index in [1.54, 1.807) is 5.38 Å². The number of nitrogens with two attached hydrogens (primary N) is 1. The van der Waals surface area contributed by atoms with Gasteiger partial charge in [0, 0.05) is 18.3 Å². The zero-order chi connectivity index (χ0) is 14.5. The standard InChI is InChI=1S/C14H25N3OS/c1-10(2)7-14(3,4)9-16-13(18)11-8-19-12(17-11)5-6-15/h8,10H,5-7,9,15H2,1-4H3,(H,16,18). The smallest absolute Gasteiger partial charge is 0.270 e. The van der Waals surface area contributed by atoms with E-state index < -0.39 is 0 Å². The van der Waals surface area contributed by atoms with Crippen LogP contribution in [0.2, 0.25) is 0 Å². The molecule has 3 N–H and O–H groups in total. The number of carbonyl (C=O) groups excluding carboxylic acids is 1. The van der Waals surface area contributed by atoms with E-state index in [9.17, 15) is 4.79 Å². The van der Waals surface area contributed by atoms with Gasteiger partial charge in [-0.1, -0.05) is 27.7 Å². The fraction of sp³-hybridized carbons (Fsp3) is 0.714. The highest BCUT2D eigenvalue weighted by atomic mass is 32.1. The Balaban J connectivity index is 2.50. The molecule has 19 heavy (non-hydrogen) atoms. The Bertz CT molecular complexity index is 413. The highest BCUT2D eigenvalue weighted by molar-refractivity contribution is 7.09. The molecule has 0 radical (unpaired) electrons. The number of rotatable bonds is 7. The van der Waals surface area contributed by atoms with E-state index >= 15 is 0 Å². The van der Waals surface area contributed by atoms with Crippen molar-refractivity contribution in [2.45, 2.75) is 40.5 Å². The molecular weight excluding hydrogens is 258 g/mol. The van der Waals surface area contributed by atoms with Gasteiger partial charge in [-0.3, -0.25) is 4.79 Å². The lowest BCUT2D eigenvalue weighted by Gasteiger charge is -2.26. The van der Waals surface area contributed by atoms with Crippen molar-refractivity contribution < 1.29 is 4.79 Å². The Hall–Kier alpha value is -0.940. The van der Waals surface area contributed by atoms with Gasteiger partial charge >= 0.3 is 0 Å². The minimum atomic E-state index is -0.0867. The van der Waals surface area contributed by atoms with Crippen LogP contribution in [0.4, 0.5) is 0 Å². The van der Waals surface area contributed by atoms with Crippen molar-refractivity contribution in [3.05, 3.63) is 16.1 Å². The first kappa shape index (κ1) is 16.1. The van der Waals surface area contributed by atoms with Crippen molar-refractivity contribution in [1.29, 1.82) is 0 Å². The molecule has 0 aromatic carbocycles. The van der Waals surface area contributed by atoms with E-state index in [2.05, 4.69) is 38.0 Å². The molecule has 0 unspecified atom stereocenters. The number of nitrogens with zero attached hydrogens (tertiary/aromatic N) is 1. The van der Waals surface area contributed by atoms with Gasteiger partial charge in [0.2, 0.25) is 0 Å². The zero-order valence-corrected chi connectivity index (χ0v) is 13.1. The fourth-order valence-corrected chi connectivity index (χ4v) is 3.04. The van der Waals surface area contributed by atoms with Gasteiger partial charge in [-0.15, -0.1) is 11.3 Å². The normalized spacial score (nSPS) is 11.9. The molecule has 1 rings (SSSR count). The molecule has 4 nitrogen and oxygen atoms in total. The van der Waals surface area contributed by atoms with Crippen molar-refractivity contribution in [3.63, 3.8) is 0 Å². The number of aromatic nitrogens is 1. The number of hydrogen-bond donors (Lipinski definition) is 2. The third-order valence-corrected chi connectivity index (χ3v) is 3.74. The lowest BCUT2D eigenvalue weighted by molar-refractivity contribution is 0.0927. The maximum atomic E-state index is 12.0. The highest BCUT2D eigenvalue weighted by Gasteiger charge is 2.21. The highest BCUT2D eigenvalue weighted by Crippen LogP contribution is 2.24. The summed E-state index contributed by atoms with van der Waals surface area (Å²) in [5, 5.41) is 5.70. The molecule has 0 saturated heterocycles. The summed E-state index contributed by atoms with van der Waals surface area (Å²) >= 11 is 1.49. The summed E-state index contributed by atoms with van der Waals surface area (Å²) in [5.41, 5.74) is 6.09. The molecule has 0 aliphatic rings. The molecule has 0 saturated carbocycles. The van der Waals surface area contributed by atoms with Crippen molar-refractivity contribution in [2.75, 3.05) is 13.1 Å². The van der Waals surface area contributed by atoms with E-state index in [0.29, 0.717) is 24.7 Å². The van der Waals surface area contributed by atoms with E-state index in [4.69, 9.17) is 5.73 Å². The fourth-order valence-electron chi connectivity index (χ4n) is 2.24. The summed E-state index contributed by atoms with van der Waals surface area (Å²) in [5.74, 6) is 0.540. The van der Waals surface area contributed by atoms with Crippen LogP contribution in [-0.2, 0) is 6.42 Å². The quantitative estimate of drug-likeness (QED) is 0.807. The minimum absolute atomic E-state index is 0.0867. The Morgan fingerprint density at radius 2 is 2.21 bits per heavy atom. The van der Waals surface area contributed by atoms with Gasteiger partial charge in [0.25, 0.3) is 5.91 Å². The molecule has 1 aromatic heterocycles. The van der Waals surface area contributed by atoms with E-state index in [1.807, 2.05) is 0 Å². The number of hydrogen-bond acceptors (Lipinski definition) is 4. The predicted octanol–water partition coefficient (Wildman–Crippen LogP) is 2.45. The van der Waals surface area contributed by atoms with Gasteiger partial charge in [-0.2, -0.15) is 0 Å². The molecule has 0 aliphatic carbocycles. The van der Waals surface area contributed by atoms with E-state index in [-0.39, 0.29) is 11.3 Å². The SMILES string of the molecule is CC(C)CC(C)(C)CNC(=O)c1csc(CCN)n1. The molecule has 5 heteroatoms. The molecule has 0 spiro atoms. The van der Waals surface area contributed by atoms with Crippen molar-refractivity contribution >= 4 is 17.2 Å². The number of nitrogens with one attached hydrogen (secondary N) is 1. The molecule has 0 fully saturated rings. The second kappa shape index (κ2) is 7.01. The third-order valence-electron chi connectivity index (χ3n) is 2.83. The molecule has 1 heterocycles. The maximum Gasteiger partial charge on any atom is 0.270 e. The Labute approximate surface area is 119 Å². The Morgan fingerprint density at radius 3 is 2.79 bits per heavy atom. The average molecular weight is 283 g/mol. The molecule has 1 amide bonds. The average Bonchev–Trinajstić information content (AvgIpc) is 2.73. The van der Waals surface area contributed by atoms with Gasteiger partial charge in [0.1, 0.15) is 5.69 Å². The molecule has 0 atom stereocenters. The second-order valence-corrected chi connectivity index (χ2v) is 7.05. The largest absolute Gasteiger partial charge is 0.350 e. The summed E-state index contributed by atoms with van der Waals surface area (Å²) in [6.07, 6.45) is 1.82. The first-order valence-electron chi connectivity index (χ1n) is 6.77. The summed E-state index contributed by atoms with van der Waals surface area (Å²) < 4.78 is 0. The van der Waals surface area contributed by atoms with Crippen LogP contribution in [0.3, 0.4) is 0 Å². The first-order valence-corrected chi connectivity index (χ1v) is 7.64. The molecule has 1 aromatic rings. The van der Waals surface area contributed by atoms with Crippen LogP contribution in [0.25, 0.3) is 0 Å². The summed E-state index contributed by atoms with van der Waals surface area (Å²) in [6, 6.07) is 0. The van der Waals surface area contributed by atoms with Crippen LogP contribution in [0.15, 0.2) is 5.38 Å². The zero-order valence-electron chi connectivity index (χ0n) is 12.3. The van der Waals surface area contributed by atoms with Crippen LogP contribution in [0.1, 0.15) is 49.6 Å². The number of carbonyl (C=O) groups is 1. The lowest BCUT2D eigenvalue weighted by atomic mass is 9.84. The summed E-state index contributed by atoms with van der Waals surface area (Å²) in [4.78, 5) is 16.3. The van der Waals surface area contributed by atoms with Crippen LogP contribution in [0, 0.1) is 11.3 Å². The third kappa shape index (κ3) is 5.70. The maximum absolute atomic E-state index is 12.0. The van der Waals surface area contributed by atoms with Gasteiger partial charge < -0.3 is 11.1 Å². The monoisotopic (exact) mass is 283 g/mol. The van der Waals surface area contributed by atoms with Gasteiger partial charge in [-0.05, 0) is 24.3 Å². The Morgan fingerprint density at radius 1 is 1.53 bits per heavy atom. The first-order chi connectivity index (χ1) is 8.84. The molecule has 108 valence electrons. The van der Waals surface area contributed by atoms with Crippen molar-refractivity contribution in [3.8, 4) is 0 Å². The van der Waals surface area contributed by atoms with Crippen molar-refractivity contribution in [2.24, 2.45) is 17.1 Å². The van der Waals surface area contributed by atoms with Crippen LogP contribution in [0.5, 0.6) is 0 Å². The molecule has 0 bridgehead atoms. The predicted molar refractivity (Wildman–Crippen MR) is 80.4 cm³/mol. The second-order valence-electron chi connectivity index (χ2n) is 6.11. The van der Waals surface area contributed by atoms with Gasteiger partial charge in [0.05, 0.1) is 5.01 Å². The molecule has 0 aliphatic heterocycles. The van der Waals surface area contributed by atoms with E-state index in [0.717, 1.165) is 17.8 Å². The van der Waals surface area contributed by atoms with Crippen LogP contribution < -0.4 is 11.1 Å². The van der Waals surface area contributed by atoms with Crippen LogP contribution in [-0.4, -0.2) is 24.0 Å². The van der Waals surface area contributed by atoms with Crippen molar-refractivity contribution in [1.82, 2.24) is 10.3 Å². The molecular formula is C14H25N3OS. The van der Waals surface area contributed by atoms with Crippen LogP contribution >= 0.6 is 11.3 Å². The topological polar surface area (TPSA) is 68.0 Å². The minimum Gasteiger partial charge on any atom is -0.350 e. The summed E-state index contributed by atoms with van der Waals surface area (Å²) in [6.45, 7) is 9.98. The van der Waals surface area contributed by atoms with Gasteiger partial charge in [0.15, 0.2) is 0 Å². The summed E-state index contributed by atoms with van der Waals surface area (Å²) in [7, 11) is 0. The van der Waals surface area contributed by atoms with E-state index in [1.165, 1.54) is 11.3 Å². The Kier molecular flexibility index (Phi) is 5.94.